The highest BCUT2D eigenvalue weighted by atomic mass is 32.2. The molecule has 3 aromatic carbocycles. The molecule has 0 spiro atoms. The van der Waals surface area contributed by atoms with Crippen molar-refractivity contribution in [2.24, 2.45) is 0 Å². The van der Waals surface area contributed by atoms with Crippen LogP contribution in [0.4, 0.5) is 0 Å². The van der Waals surface area contributed by atoms with Gasteiger partial charge >= 0.3 is 0 Å². The Labute approximate surface area is 195 Å². The van der Waals surface area contributed by atoms with Gasteiger partial charge in [0.1, 0.15) is 16.8 Å². The lowest BCUT2D eigenvalue weighted by molar-refractivity contribution is 0.411. The van der Waals surface area contributed by atoms with E-state index >= 15 is 0 Å². The van der Waals surface area contributed by atoms with E-state index in [9.17, 15) is 4.79 Å². The monoisotopic (exact) mass is 453 g/mol. The number of thioether (sulfide) groups is 1. The number of benzene rings is 3. The van der Waals surface area contributed by atoms with E-state index in [1.807, 2.05) is 67.6 Å². The molecule has 0 aliphatic rings. The quantitative estimate of drug-likeness (QED) is 0.253. The van der Waals surface area contributed by atoms with Gasteiger partial charge in [0.2, 0.25) is 0 Å². The first-order chi connectivity index (χ1) is 16.2. The van der Waals surface area contributed by atoms with Crippen molar-refractivity contribution in [3.8, 4) is 11.4 Å². The molecule has 0 aliphatic carbocycles. The Balaban J connectivity index is 1.66. The van der Waals surface area contributed by atoms with Crippen molar-refractivity contribution in [1.29, 1.82) is 0 Å². The SMILES string of the molecule is COc1ccc(C)cc1-n1c(SC/C=C/c2ccccc2)nc2c([nH]c3ccccc32)c1=O. The van der Waals surface area contributed by atoms with Gasteiger partial charge in [-0.3, -0.25) is 4.79 Å². The van der Waals surface area contributed by atoms with Crippen LogP contribution in [0.25, 0.3) is 33.7 Å². The molecule has 6 heteroatoms. The van der Waals surface area contributed by atoms with E-state index in [0.717, 1.165) is 22.0 Å². The molecule has 5 nitrogen and oxygen atoms in total. The van der Waals surface area contributed by atoms with Crippen molar-refractivity contribution in [3.05, 3.63) is 100 Å². The number of fused-ring (bicyclic) bond motifs is 3. The van der Waals surface area contributed by atoms with Crippen LogP contribution in [-0.2, 0) is 0 Å². The fourth-order valence-corrected chi connectivity index (χ4v) is 4.71. The number of H-pyrrole nitrogens is 1. The Bertz CT molecular complexity index is 1530. The first kappa shape index (κ1) is 21.1. The summed E-state index contributed by atoms with van der Waals surface area (Å²) in [5, 5.41) is 1.56. The predicted octanol–water partition coefficient (Wildman–Crippen LogP) is 5.99. The van der Waals surface area contributed by atoms with E-state index in [-0.39, 0.29) is 5.56 Å². The van der Waals surface area contributed by atoms with E-state index in [1.165, 1.54) is 11.8 Å². The van der Waals surface area contributed by atoms with Crippen LogP contribution < -0.4 is 10.3 Å². The normalized spacial score (nSPS) is 11.6. The zero-order valence-corrected chi connectivity index (χ0v) is 19.2. The maximum Gasteiger partial charge on any atom is 0.283 e. The summed E-state index contributed by atoms with van der Waals surface area (Å²) in [5.74, 6) is 1.30. The van der Waals surface area contributed by atoms with E-state index in [2.05, 4.69) is 29.3 Å². The third-order valence-electron chi connectivity index (χ3n) is 5.49. The average Bonchev–Trinajstić information content (AvgIpc) is 3.22. The van der Waals surface area contributed by atoms with Crippen molar-refractivity contribution in [3.63, 3.8) is 0 Å². The number of nitrogens with one attached hydrogen (secondary N) is 1. The second-order valence-electron chi connectivity index (χ2n) is 7.73. The van der Waals surface area contributed by atoms with E-state index < -0.39 is 0 Å². The van der Waals surface area contributed by atoms with Crippen molar-refractivity contribution >= 4 is 39.8 Å². The minimum atomic E-state index is -0.144. The Morgan fingerprint density at radius 1 is 1.06 bits per heavy atom. The van der Waals surface area contributed by atoms with Gasteiger partial charge in [0.25, 0.3) is 5.56 Å². The van der Waals surface area contributed by atoms with Crippen LogP contribution in [0.5, 0.6) is 5.75 Å². The molecule has 2 aromatic heterocycles. The summed E-state index contributed by atoms with van der Waals surface area (Å²) in [6, 6.07) is 23.8. The molecule has 33 heavy (non-hydrogen) atoms. The molecule has 0 aliphatic heterocycles. The summed E-state index contributed by atoms with van der Waals surface area (Å²) < 4.78 is 7.26. The van der Waals surface area contributed by atoms with Crippen molar-refractivity contribution in [1.82, 2.24) is 14.5 Å². The van der Waals surface area contributed by atoms with Gasteiger partial charge in [-0.25, -0.2) is 9.55 Å². The lowest BCUT2D eigenvalue weighted by atomic mass is 10.2. The van der Waals surface area contributed by atoms with Crippen molar-refractivity contribution < 1.29 is 4.74 Å². The number of aromatic amines is 1. The van der Waals surface area contributed by atoms with Crippen LogP contribution in [0.1, 0.15) is 11.1 Å². The molecule has 1 N–H and O–H groups in total. The number of hydrogen-bond acceptors (Lipinski definition) is 4. The summed E-state index contributed by atoms with van der Waals surface area (Å²) in [5.41, 5.74) is 4.79. The van der Waals surface area contributed by atoms with Crippen LogP contribution in [-0.4, -0.2) is 27.4 Å². The second-order valence-corrected chi connectivity index (χ2v) is 8.72. The zero-order chi connectivity index (χ0) is 22.8. The van der Waals surface area contributed by atoms with E-state index in [0.29, 0.717) is 33.4 Å². The topological polar surface area (TPSA) is 59.9 Å². The number of nitrogens with zero attached hydrogens (tertiary/aromatic N) is 2. The first-order valence-electron chi connectivity index (χ1n) is 10.7. The number of ether oxygens (including phenoxy) is 1. The van der Waals surface area contributed by atoms with Crippen molar-refractivity contribution in [2.75, 3.05) is 12.9 Å². The molecule has 0 amide bonds. The number of aryl methyl sites for hydroxylation is 1. The zero-order valence-electron chi connectivity index (χ0n) is 18.4. The summed E-state index contributed by atoms with van der Waals surface area (Å²) in [4.78, 5) is 22.0. The average molecular weight is 454 g/mol. The van der Waals surface area contributed by atoms with E-state index in [1.54, 1.807) is 11.7 Å². The predicted molar refractivity (Wildman–Crippen MR) is 137 cm³/mol. The highest BCUT2D eigenvalue weighted by molar-refractivity contribution is 7.99. The molecule has 5 rings (SSSR count). The van der Waals surface area contributed by atoms with Gasteiger partial charge in [0.15, 0.2) is 5.16 Å². The van der Waals surface area contributed by atoms with Crippen LogP contribution in [0.2, 0.25) is 0 Å². The third-order valence-corrected chi connectivity index (χ3v) is 6.38. The van der Waals surface area contributed by atoms with Gasteiger partial charge in [-0.2, -0.15) is 0 Å². The van der Waals surface area contributed by atoms with Gasteiger partial charge in [0, 0.05) is 16.7 Å². The molecule has 0 radical (unpaired) electrons. The Morgan fingerprint density at radius 2 is 1.85 bits per heavy atom. The molecule has 2 heterocycles. The van der Waals surface area contributed by atoms with Crippen LogP contribution in [0.3, 0.4) is 0 Å². The minimum absolute atomic E-state index is 0.144. The summed E-state index contributed by atoms with van der Waals surface area (Å²) in [7, 11) is 1.61. The molecule has 0 unspecified atom stereocenters. The minimum Gasteiger partial charge on any atom is -0.495 e. The summed E-state index contributed by atoms with van der Waals surface area (Å²) >= 11 is 1.52. The van der Waals surface area contributed by atoms with Crippen molar-refractivity contribution in [2.45, 2.75) is 12.1 Å². The van der Waals surface area contributed by atoms with Gasteiger partial charge < -0.3 is 9.72 Å². The molecule has 0 fully saturated rings. The Morgan fingerprint density at radius 3 is 2.67 bits per heavy atom. The molecule has 0 atom stereocenters. The van der Waals surface area contributed by atoms with Crippen LogP contribution >= 0.6 is 11.8 Å². The highest BCUT2D eigenvalue weighted by Gasteiger charge is 2.19. The maximum atomic E-state index is 13.8. The summed E-state index contributed by atoms with van der Waals surface area (Å²) in [6.07, 6.45) is 4.16. The van der Waals surface area contributed by atoms with Gasteiger partial charge in [-0.15, -0.1) is 0 Å². The number of rotatable bonds is 6. The second kappa shape index (κ2) is 9.00. The largest absolute Gasteiger partial charge is 0.495 e. The number of hydrogen-bond donors (Lipinski definition) is 1. The number of methoxy groups -OCH3 is 1. The molecule has 5 aromatic rings. The smallest absolute Gasteiger partial charge is 0.283 e. The van der Waals surface area contributed by atoms with E-state index in [4.69, 9.17) is 9.72 Å². The Hall–Kier alpha value is -3.77. The lowest BCUT2D eigenvalue weighted by Gasteiger charge is -2.15. The number of aromatic nitrogens is 3. The fraction of sp³-hybridized carbons (Fsp3) is 0.111. The molecule has 0 bridgehead atoms. The fourth-order valence-electron chi connectivity index (χ4n) is 3.90. The Kier molecular flexibility index (Phi) is 5.75. The summed E-state index contributed by atoms with van der Waals surface area (Å²) in [6.45, 7) is 2.00. The molecular weight excluding hydrogens is 430 g/mol. The lowest BCUT2D eigenvalue weighted by Crippen LogP contribution is -2.22. The standard InChI is InChI=1S/C27H23N3O2S/c1-18-14-15-23(32-2)22(17-18)30-26(31)25-24(20-12-6-7-13-21(20)28-25)29-27(30)33-16-8-11-19-9-4-3-5-10-19/h3-15,17,28H,16H2,1-2H3/b11-8+. The molecule has 164 valence electrons. The molecule has 0 saturated heterocycles. The maximum absolute atomic E-state index is 13.8. The molecule has 0 saturated carbocycles. The van der Waals surface area contributed by atoms with Gasteiger partial charge in [-0.05, 0) is 36.2 Å². The third kappa shape index (κ3) is 4.05. The first-order valence-corrected chi connectivity index (χ1v) is 11.7. The number of para-hydroxylation sites is 1. The highest BCUT2D eigenvalue weighted by Crippen LogP contribution is 2.30. The molecular formula is C27H23N3O2S. The van der Waals surface area contributed by atoms with Gasteiger partial charge in [0.05, 0.1) is 12.8 Å². The van der Waals surface area contributed by atoms with Crippen LogP contribution in [0.15, 0.2) is 88.8 Å². The van der Waals surface area contributed by atoms with Gasteiger partial charge in [-0.1, -0.05) is 78.5 Å². The van der Waals surface area contributed by atoms with Crippen LogP contribution in [0, 0.1) is 6.92 Å².